The van der Waals surface area contributed by atoms with Gasteiger partial charge in [0.25, 0.3) is 0 Å². The maximum atomic E-state index is 5.69. The minimum atomic E-state index is 0.0104. The van der Waals surface area contributed by atoms with Crippen molar-refractivity contribution in [1.82, 2.24) is 10.2 Å². The highest BCUT2D eigenvalue weighted by Crippen LogP contribution is 2.24. The molecular formula is C11H16N4O2S. The summed E-state index contributed by atoms with van der Waals surface area (Å²) in [4.78, 5) is 2.35. The zero-order valence-corrected chi connectivity index (χ0v) is 11.2. The van der Waals surface area contributed by atoms with E-state index in [0.29, 0.717) is 23.9 Å². The highest BCUT2D eigenvalue weighted by molar-refractivity contribution is 7.80. The van der Waals surface area contributed by atoms with E-state index in [0.717, 1.165) is 5.56 Å². The number of aromatic nitrogens is 2. The van der Waals surface area contributed by atoms with E-state index in [1.165, 1.54) is 0 Å². The van der Waals surface area contributed by atoms with E-state index < -0.39 is 0 Å². The number of thiocarbonyl (C=S) groups is 1. The van der Waals surface area contributed by atoms with E-state index in [2.05, 4.69) is 10.2 Å². The summed E-state index contributed by atoms with van der Waals surface area (Å²) in [6.45, 7) is 1.37. The Labute approximate surface area is 111 Å². The van der Waals surface area contributed by atoms with Gasteiger partial charge in [0.15, 0.2) is 5.82 Å². The molecule has 0 aromatic carbocycles. The largest absolute Gasteiger partial charge is 0.389 e. The van der Waals surface area contributed by atoms with Crippen molar-refractivity contribution in [3.05, 3.63) is 17.8 Å². The normalized spacial score (nSPS) is 23.3. The first-order chi connectivity index (χ1) is 8.67. The molecule has 2 heterocycles. The molecule has 0 bridgehead atoms. The molecule has 1 aromatic rings. The lowest BCUT2D eigenvalue weighted by Gasteiger charge is -2.18. The van der Waals surface area contributed by atoms with Gasteiger partial charge in [0, 0.05) is 27.3 Å². The lowest BCUT2D eigenvalue weighted by Crippen LogP contribution is -2.27. The Kier molecular flexibility index (Phi) is 4.05. The first-order valence-corrected chi connectivity index (χ1v) is 6.00. The van der Waals surface area contributed by atoms with Crippen LogP contribution in [0.5, 0.6) is 0 Å². The molecular weight excluding hydrogens is 252 g/mol. The number of nitrogens with two attached hydrogens (primary N) is 1. The van der Waals surface area contributed by atoms with Crippen LogP contribution in [0.2, 0.25) is 0 Å². The van der Waals surface area contributed by atoms with Crippen LogP contribution in [0.4, 0.5) is 5.82 Å². The average Bonchev–Trinajstić information content (AvgIpc) is 2.81. The summed E-state index contributed by atoms with van der Waals surface area (Å²) in [5, 5.41) is 8.00. The fourth-order valence-electron chi connectivity index (χ4n) is 2.12. The molecule has 2 unspecified atom stereocenters. The molecule has 2 rings (SSSR count). The third-order valence-electron chi connectivity index (χ3n) is 3.09. The number of ether oxygens (including phenoxy) is 2. The van der Waals surface area contributed by atoms with E-state index in [4.69, 9.17) is 27.4 Å². The summed E-state index contributed by atoms with van der Waals surface area (Å²) < 4.78 is 10.8. The van der Waals surface area contributed by atoms with Crippen LogP contribution >= 0.6 is 12.2 Å². The lowest BCUT2D eigenvalue weighted by atomic mass is 10.2. The zero-order chi connectivity index (χ0) is 13.1. The number of methoxy groups -OCH3 is 2. The van der Waals surface area contributed by atoms with Gasteiger partial charge >= 0.3 is 0 Å². The molecule has 6 nitrogen and oxygen atoms in total. The van der Waals surface area contributed by atoms with Crippen LogP contribution in [0, 0.1) is 0 Å². The van der Waals surface area contributed by atoms with Gasteiger partial charge in [-0.05, 0) is 6.07 Å². The SMILES string of the molecule is COC1CN(c2nnccc2C(N)=S)CC1OC. The van der Waals surface area contributed by atoms with Crippen LogP contribution in [-0.4, -0.2) is 54.7 Å². The summed E-state index contributed by atoms with van der Waals surface area (Å²) in [5.41, 5.74) is 6.42. The molecule has 2 atom stereocenters. The Morgan fingerprint density at radius 3 is 2.50 bits per heavy atom. The molecule has 1 aromatic heterocycles. The molecule has 2 N–H and O–H groups in total. The van der Waals surface area contributed by atoms with Crippen LogP contribution in [0.1, 0.15) is 5.56 Å². The van der Waals surface area contributed by atoms with Crippen molar-refractivity contribution in [1.29, 1.82) is 0 Å². The highest BCUT2D eigenvalue weighted by Gasteiger charge is 2.34. The van der Waals surface area contributed by atoms with Crippen molar-refractivity contribution in [2.24, 2.45) is 5.73 Å². The lowest BCUT2D eigenvalue weighted by molar-refractivity contribution is -0.00461. The molecule has 1 aliphatic heterocycles. The molecule has 7 heteroatoms. The second-order valence-corrected chi connectivity index (χ2v) is 4.53. The Morgan fingerprint density at radius 1 is 1.39 bits per heavy atom. The van der Waals surface area contributed by atoms with Gasteiger partial charge in [-0.3, -0.25) is 0 Å². The summed E-state index contributed by atoms with van der Waals surface area (Å²) in [7, 11) is 3.34. The van der Waals surface area contributed by atoms with Gasteiger partial charge in [-0.15, -0.1) is 5.10 Å². The van der Waals surface area contributed by atoms with Crippen molar-refractivity contribution < 1.29 is 9.47 Å². The smallest absolute Gasteiger partial charge is 0.161 e. The third-order valence-corrected chi connectivity index (χ3v) is 3.31. The van der Waals surface area contributed by atoms with Crippen molar-refractivity contribution in [2.45, 2.75) is 12.2 Å². The monoisotopic (exact) mass is 268 g/mol. The summed E-state index contributed by atoms with van der Waals surface area (Å²) >= 11 is 5.02. The molecule has 0 amide bonds. The van der Waals surface area contributed by atoms with Gasteiger partial charge in [-0.2, -0.15) is 5.10 Å². The molecule has 1 aliphatic rings. The van der Waals surface area contributed by atoms with Crippen LogP contribution in [0.15, 0.2) is 12.3 Å². The van der Waals surface area contributed by atoms with Gasteiger partial charge in [0.1, 0.15) is 17.2 Å². The second-order valence-electron chi connectivity index (χ2n) is 4.09. The summed E-state index contributed by atoms with van der Waals surface area (Å²) in [6.07, 6.45) is 1.60. The van der Waals surface area contributed by atoms with Crippen molar-refractivity contribution in [2.75, 3.05) is 32.2 Å². The molecule has 98 valence electrons. The highest BCUT2D eigenvalue weighted by atomic mass is 32.1. The molecule has 1 fully saturated rings. The fraction of sp³-hybridized carbons (Fsp3) is 0.545. The Bertz CT molecular complexity index is 431. The van der Waals surface area contributed by atoms with Crippen molar-refractivity contribution in [3.63, 3.8) is 0 Å². The average molecular weight is 268 g/mol. The molecule has 0 spiro atoms. The quantitative estimate of drug-likeness (QED) is 0.768. The van der Waals surface area contributed by atoms with Crippen molar-refractivity contribution >= 4 is 23.0 Å². The van der Waals surface area contributed by atoms with Gasteiger partial charge in [0.2, 0.25) is 0 Å². The molecule has 18 heavy (non-hydrogen) atoms. The van der Waals surface area contributed by atoms with E-state index in [1.54, 1.807) is 26.5 Å². The van der Waals surface area contributed by atoms with Crippen LogP contribution < -0.4 is 10.6 Å². The molecule has 0 aliphatic carbocycles. The predicted molar refractivity (Wildman–Crippen MR) is 71.7 cm³/mol. The maximum absolute atomic E-state index is 5.69. The number of nitrogens with zero attached hydrogens (tertiary/aromatic N) is 3. The number of hydrogen-bond donors (Lipinski definition) is 1. The second kappa shape index (κ2) is 5.55. The standard InChI is InChI=1S/C11H16N4O2S/c1-16-8-5-15(6-9(8)17-2)11-7(10(12)18)3-4-13-14-11/h3-4,8-9H,5-6H2,1-2H3,(H2,12,18). The van der Waals surface area contributed by atoms with Crippen molar-refractivity contribution in [3.8, 4) is 0 Å². The van der Waals surface area contributed by atoms with E-state index >= 15 is 0 Å². The van der Waals surface area contributed by atoms with Crippen LogP contribution in [0.3, 0.4) is 0 Å². The van der Waals surface area contributed by atoms with Gasteiger partial charge in [-0.1, -0.05) is 12.2 Å². The van der Waals surface area contributed by atoms with E-state index in [1.807, 2.05) is 4.90 Å². The van der Waals surface area contributed by atoms with Gasteiger partial charge < -0.3 is 20.1 Å². The Balaban J connectivity index is 2.26. The first kappa shape index (κ1) is 13.1. The fourth-order valence-corrected chi connectivity index (χ4v) is 2.28. The minimum absolute atomic E-state index is 0.0104. The third kappa shape index (κ3) is 2.43. The first-order valence-electron chi connectivity index (χ1n) is 5.59. The summed E-state index contributed by atoms with van der Waals surface area (Å²) in [5.74, 6) is 0.687. The topological polar surface area (TPSA) is 73.5 Å². The van der Waals surface area contributed by atoms with E-state index in [-0.39, 0.29) is 12.2 Å². The Hall–Kier alpha value is -1.31. The maximum Gasteiger partial charge on any atom is 0.161 e. The predicted octanol–water partition coefficient (Wildman–Crippen LogP) is -0.0392. The minimum Gasteiger partial charge on any atom is -0.389 e. The van der Waals surface area contributed by atoms with E-state index in [9.17, 15) is 0 Å². The van der Waals surface area contributed by atoms with Gasteiger partial charge in [-0.25, -0.2) is 0 Å². The van der Waals surface area contributed by atoms with Crippen LogP contribution in [-0.2, 0) is 9.47 Å². The molecule has 1 saturated heterocycles. The summed E-state index contributed by atoms with van der Waals surface area (Å²) in [6, 6.07) is 1.77. The Morgan fingerprint density at radius 2 is 2.00 bits per heavy atom. The van der Waals surface area contributed by atoms with Crippen LogP contribution in [0.25, 0.3) is 0 Å². The molecule has 0 saturated carbocycles. The number of hydrogen-bond acceptors (Lipinski definition) is 6. The number of anilines is 1. The zero-order valence-electron chi connectivity index (χ0n) is 10.4. The number of rotatable bonds is 4. The van der Waals surface area contributed by atoms with Gasteiger partial charge in [0.05, 0.1) is 11.8 Å². The molecule has 0 radical (unpaired) electrons.